The Morgan fingerprint density at radius 2 is 2.20 bits per heavy atom. The number of hydrogen-bond donors (Lipinski definition) is 1. The zero-order chi connectivity index (χ0) is 13.9. The third-order valence-electron chi connectivity index (χ3n) is 3.80. The quantitative estimate of drug-likeness (QED) is 0.928. The summed E-state index contributed by atoms with van der Waals surface area (Å²) in [4.78, 5) is 2.34. The van der Waals surface area contributed by atoms with Gasteiger partial charge in [0.25, 0.3) is 0 Å². The van der Waals surface area contributed by atoms with Crippen LogP contribution in [0.25, 0.3) is 0 Å². The molecule has 2 aromatic rings. The molecule has 0 amide bonds. The van der Waals surface area contributed by atoms with Crippen molar-refractivity contribution in [3.8, 4) is 0 Å². The number of benzene rings is 1. The molecule has 1 N–H and O–H groups in total. The lowest BCUT2D eigenvalue weighted by molar-refractivity contribution is 0.369. The second-order valence-corrected chi connectivity index (χ2v) is 5.53. The van der Waals surface area contributed by atoms with E-state index in [0.29, 0.717) is 0 Å². The lowest BCUT2D eigenvalue weighted by atomic mass is 9.99. The van der Waals surface area contributed by atoms with Crippen molar-refractivity contribution in [2.75, 3.05) is 18.5 Å². The summed E-state index contributed by atoms with van der Waals surface area (Å²) in [6.07, 6.45) is 2.44. The van der Waals surface area contributed by atoms with E-state index in [0.717, 1.165) is 31.1 Å². The Labute approximate surface area is 119 Å². The normalized spacial score (nSPS) is 14.4. The van der Waals surface area contributed by atoms with E-state index in [2.05, 4.69) is 40.6 Å². The summed E-state index contributed by atoms with van der Waals surface area (Å²) >= 11 is 0. The fourth-order valence-corrected chi connectivity index (χ4v) is 2.78. The van der Waals surface area contributed by atoms with Gasteiger partial charge < -0.3 is 14.7 Å². The number of aromatic nitrogens is 1. The van der Waals surface area contributed by atoms with Gasteiger partial charge in [-0.25, -0.2) is 0 Å². The lowest BCUT2D eigenvalue weighted by Crippen LogP contribution is -2.24. The average molecular weight is 271 g/mol. The zero-order valence-corrected chi connectivity index (χ0v) is 12.1. The Morgan fingerprint density at radius 3 is 3.00 bits per heavy atom. The van der Waals surface area contributed by atoms with Crippen LogP contribution in [0, 0.1) is 6.92 Å². The van der Waals surface area contributed by atoms with E-state index in [1.54, 1.807) is 0 Å². The molecule has 106 valence electrons. The van der Waals surface area contributed by atoms with Gasteiger partial charge in [-0.05, 0) is 37.0 Å². The van der Waals surface area contributed by atoms with Crippen molar-refractivity contribution in [2.45, 2.75) is 32.9 Å². The summed E-state index contributed by atoms with van der Waals surface area (Å²) in [5.41, 5.74) is 5.10. The summed E-state index contributed by atoms with van der Waals surface area (Å²) < 4.78 is 5.19. The third-order valence-corrected chi connectivity index (χ3v) is 3.80. The van der Waals surface area contributed by atoms with Crippen molar-refractivity contribution in [3.05, 3.63) is 46.8 Å². The molecular formula is C16H21N3O. The van der Waals surface area contributed by atoms with Gasteiger partial charge in [-0.2, -0.15) is 0 Å². The molecule has 1 aliphatic rings. The summed E-state index contributed by atoms with van der Waals surface area (Å²) in [6, 6.07) is 8.74. The molecule has 1 aromatic heterocycles. The number of aryl methyl sites for hydroxylation is 2. The highest BCUT2D eigenvalue weighted by Crippen LogP contribution is 2.26. The van der Waals surface area contributed by atoms with E-state index < -0.39 is 0 Å². The maximum atomic E-state index is 5.19. The molecule has 1 aliphatic heterocycles. The molecule has 0 bridgehead atoms. The van der Waals surface area contributed by atoms with Gasteiger partial charge in [-0.3, -0.25) is 0 Å². The molecule has 0 radical (unpaired) electrons. The van der Waals surface area contributed by atoms with Gasteiger partial charge in [0.05, 0.1) is 12.2 Å². The van der Waals surface area contributed by atoms with Gasteiger partial charge in [0.2, 0.25) is 0 Å². The predicted molar refractivity (Wildman–Crippen MR) is 79.8 cm³/mol. The largest absolute Gasteiger partial charge is 0.374 e. The highest BCUT2D eigenvalue weighted by Gasteiger charge is 2.13. The Kier molecular flexibility index (Phi) is 3.74. The first kappa shape index (κ1) is 13.2. The van der Waals surface area contributed by atoms with Crippen LogP contribution >= 0.6 is 0 Å². The number of anilines is 1. The molecule has 2 heterocycles. The topological polar surface area (TPSA) is 41.3 Å². The molecule has 1 aromatic carbocycles. The Hall–Kier alpha value is -1.81. The van der Waals surface area contributed by atoms with Gasteiger partial charge in [-0.15, -0.1) is 0 Å². The molecule has 3 rings (SSSR count). The van der Waals surface area contributed by atoms with Gasteiger partial charge in [0.1, 0.15) is 0 Å². The summed E-state index contributed by atoms with van der Waals surface area (Å²) in [6.45, 7) is 4.68. The first-order valence-electron chi connectivity index (χ1n) is 7.18. The Balaban J connectivity index is 1.60. The van der Waals surface area contributed by atoms with E-state index in [1.165, 1.54) is 29.7 Å². The van der Waals surface area contributed by atoms with E-state index in [4.69, 9.17) is 4.52 Å². The van der Waals surface area contributed by atoms with Crippen molar-refractivity contribution in [1.29, 1.82) is 0 Å². The smallest absolute Gasteiger partial charge is 0.150 e. The fraction of sp³-hybridized carbons (Fsp3) is 0.438. The van der Waals surface area contributed by atoms with Crippen LogP contribution in [0.1, 0.15) is 29.0 Å². The van der Waals surface area contributed by atoms with E-state index >= 15 is 0 Å². The maximum absolute atomic E-state index is 5.19. The highest BCUT2D eigenvalue weighted by molar-refractivity contribution is 5.56. The molecule has 0 aliphatic carbocycles. The number of hydrogen-bond acceptors (Lipinski definition) is 4. The van der Waals surface area contributed by atoms with Gasteiger partial charge in [0, 0.05) is 31.9 Å². The molecule has 0 spiro atoms. The third kappa shape index (κ3) is 2.85. The molecule has 0 saturated heterocycles. The van der Waals surface area contributed by atoms with Crippen molar-refractivity contribution in [3.63, 3.8) is 0 Å². The van der Waals surface area contributed by atoms with Crippen molar-refractivity contribution in [1.82, 2.24) is 10.5 Å². The zero-order valence-electron chi connectivity index (χ0n) is 12.1. The fourth-order valence-electron chi connectivity index (χ4n) is 2.78. The van der Waals surface area contributed by atoms with Crippen LogP contribution < -0.4 is 10.2 Å². The Morgan fingerprint density at radius 1 is 1.30 bits per heavy atom. The average Bonchev–Trinajstić information content (AvgIpc) is 2.85. The minimum Gasteiger partial charge on any atom is -0.374 e. The number of rotatable bonds is 4. The molecule has 0 fully saturated rings. The molecule has 4 nitrogen and oxygen atoms in total. The molecular weight excluding hydrogens is 250 g/mol. The van der Waals surface area contributed by atoms with Crippen LogP contribution in [-0.2, 0) is 19.5 Å². The minimum atomic E-state index is 0.720. The molecule has 0 unspecified atom stereocenters. The highest BCUT2D eigenvalue weighted by atomic mass is 16.5. The number of nitrogens with zero attached hydrogens (tertiary/aromatic N) is 2. The minimum absolute atomic E-state index is 0.720. The number of nitrogens with one attached hydrogen (secondary N) is 1. The molecule has 0 saturated carbocycles. The van der Waals surface area contributed by atoms with Crippen molar-refractivity contribution in [2.24, 2.45) is 0 Å². The monoisotopic (exact) mass is 271 g/mol. The van der Waals surface area contributed by atoms with Crippen molar-refractivity contribution >= 4 is 5.69 Å². The standard InChI is InChI=1S/C16H21N3O/c1-12-8-15(20-18-12)11-17-10-13-5-6-16-14(9-13)4-3-7-19(16)2/h5-6,8-9,17H,3-4,7,10-11H2,1-2H3. The summed E-state index contributed by atoms with van der Waals surface area (Å²) in [7, 11) is 2.17. The van der Waals surface area contributed by atoms with Crippen molar-refractivity contribution < 1.29 is 4.52 Å². The van der Waals surface area contributed by atoms with E-state index in [-0.39, 0.29) is 0 Å². The van der Waals surface area contributed by atoms with Gasteiger partial charge in [-0.1, -0.05) is 17.3 Å². The van der Waals surface area contributed by atoms with E-state index in [9.17, 15) is 0 Å². The lowest BCUT2D eigenvalue weighted by Gasteiger charge is -2.27. The predicted octanol–water partition coefficient (Wildman–Crippen LogP) is 2.66. The van der Waals surface area contributed by atoms with Gasteiger partial charge in [0.15, 0.2) is 5.76 Å². The molecule has 20 heavy (non-hydrogen) atoms. The summed E-state index contributed by atoms with van der Waals surface area (Å²) in [5, 5.41) is 7.29. The summed E-state index contributed by atoms with van der Waals surface area (Å²) in [5.74, 6) is 0.889. The second-order valence-electron chi connectivity index (χ2n) is 5.53. The van der Waals surface area contributed by atoms with Crippen LogP contribution in [0.15, 0.2) is 28.8 Å². The van der Waals surface area contributed by atoms with Gasteiger partial charge >= 0.3 is 0 Å². The SMILES string of the molecule is Cc1cc(CNCc2ccc3c(c2)CCCN3C)on1. The molecule has 0 atom stereocenters. The maximum Gasteiger partial charge on any atom is 0.150 e. The first-order valence-corrected chi connectivity index (χ1v) is 7.18. The van der Waals surface area contributed by atoms with Crippen LogP contribution in [0.5, 0.6) is 0 Å². The van der Waals surface area contributed by atoms with Crippen LogP contribution in [0.2, 0.25) is 0 Å². The van der Waals surface area contributed by atoms with E-state index in [1.807, 2.05) is 13.0 Å². The second kappa shape index (κ2) is 5.67. The van der Waals surface area contributed by atoms with Crippen LogP contribution in [0.3, 0.4) is 0 Å². The molecule has 4 heteroatoms. The van der Waals surface area contributed by atoms with Crippen LogP contribution in [-0.4, -0.2) is 18.7 Å². The first-order chi connectivity index (χ1) is 9.72. The van der Waals surface area contributed by atoms with Crippen LogP contribution in [0.4, 0.5) is 5.69 Å². The number of fused-ring (bicyclic) bond motifs is 1. The Bertz CT molecular complexity index is 591.